The third-order valence-electron chi connectivity index (χ3n) is 8.38. The zero-order valence-corrected chi connectivity index (χ0v) is 44.5. The Kier molecular flexibility index (Phi) is 56.8. The van der Waals surface area contributed by atoms with E-state index in [2.05, 4.69) is 20.0 Å². The van der Waals surface area contributed by atoms with Crippen LogP contribution in [0.15, 0.2) is 92.8 Å². The van der Waals surface area contributed by atoms with Gasteiger partial charge in [0, 0.05) is 74.3 Å². The van der Waals surface area contributed by atoms with Gasteiger partial charge in [0.05, 0.1) is 50.6 Å². The van der Waals surface area contributed by atoms with Crippen LogP contribution in [0, 0.1) is 0 Å². The van der Waals surface area contributed by atoms with E-state index in [9.17, 15) is 20.4 Å². The van der Waals surface area contributed by atoms with E-state index >= 15 is 0 Å². The first-order valence-electron chi connectivity index (χ1n) is 19.6. The Morgan fingerprint density at radius 3 is 0.676 bits per heavy atom. The van der Waals surface area contributed by atoms with Crippen LogP contribution < -0.4 is 0 Å². The summed E-state index contributed by atoms with van der Waals surface area (Å²) in [6, 6.07) is 18.5. The number of aromatic hydroxyl groups is 4. The normalized spacial score (nSPS) is 11.8. The number of phenolic OH excluding ortho intramolecular Hbond substituents is 4. The van der Waals surface area contributed by atoms with E-state index in [4.69, 9.17) is 71.9 Å². The molecule has 0 aliphatic heterocycles. The zero-order valence-electron chi connectivity index (χ0n) is 37.7. The Morgan fingerprint density at radius 2 is 0.544 bits per heavy atom. The quantitative estimate of drug-likeness (QED) is 0.0416. The maximum Gasteiger partial charge on any atom is 2.00 e. The molecule has 0 aromatic heterocycles. The molecule has 23 heteroatoms. The molecule has 4 aromatic rings. The molecule has 0 aliphatic rings. The number of nitrogens with zero attached hydrogens (tertiary/aromatic N) is 4. The average Bonchev–Trinajstić information content (AvgIpc) is 3.28. The van der Waals surface area contributed by atoms with Crippen LogP contribution in [-0.4, -0.2) is 139 Å². The molecule has 4 atom stereocenters. The predicted octanol–water partition coefficient (Wildman–Crippen LogP) is 6.89. The summed E-state index contributed by atoms with van der Waals surface area (Å²) >= 11 is 23.1. The first-order valence-corrected chi connectivity index (χ1v) is 21.1. The van der Waals surface area contributed by atoms with Crippen LogP contribution in [0.2, 0.25) is 20.1 Å². The Labute approximate surface area is 462 Å². The third kappa shape index (κ3) is 34.1. The summed E-state index contributed by atoms with van der Waals surface area (Å²) in [6.45, 7) is 7.80. The smallest absolute Gasteiger partial charge is 0.507 e. The Balaban J connectivity index is -0.000000140. The van der Waals surface area contributed by atoms with Gasteiger partial charge in [-0.05, 0) is 98.5 Å². The van der Waals surface area contributed by atoms with Crippen LogP contribution in [-0.2, 0) is 68.3 Å². The van der Waals surface area contributed by atoms with Crippen molar-refractivity contribution in [1.82, 2.24) is 0 Å². The molecule has 68 heavy (non-hydrogen) atoms. The van der Waals surface area contributed by atoms with Gasteiger partial charge in [0.1, 0.15) is 23.0 Å². The largest absolute Gasteiger partial charge is 2.00 e. The maximum atomic E-state index is 9.48. The second kappa shape index (κ2) is 48.4. The van der Waals surface area contributed by atoms with E-state index in [0.717, 1.165) is 32.8 Å². The monoisotopic (exact) mass is 1230 g/mol. The van der Waals surface area contributed by atoms with Crippen molar-refractivity contribution < 1.29 is 125 Å². The van der Waals surface area contributed by atoms with Crippen molar-refractivity contribution in [3.05, 3.63) is 115 Å². The second-order valence-electron chi connectivity index (χ2n) is 12.9. The van der Waals surface area contributed by atoms with Gasteiger partial charge in [-0.2, -0.15) is 0 Å². The van der Waals surface area contributed by atoms with Crippen molar-refractivity contribution in [3.63, 3.8) is 0 Å². The minimum atomic E-state index is -0.122. The van der Waals surface area contributed by atoms with Crippen LogP contribution in [0.25, 0.3) is 0 Å². The van der Waals surface area contributed by atoms with E-state index < -0.39 is 0 Å². The third-order valence-corrected chi connectivity index (χ3v) is 9.32. The zero-order chi connectivity index (χ0) is 47.0. The standard InChI is InChI=1S/4C11H14ClNO2.CH4O.4Cu.2H2O/c4*1-2-10(7-14)13-6-8-5-9(12)3-4-11(8)15;1-2;;;;;;/h4*3-6,10,14-15H,2,7H2,1H3;2H,1H3;;;;;2*1H2/q;;;;;4*+2;;. The number of hydrogen-bond acceptors (Lipinski definition) is 13. The number of aliphatic hydroxyl groups is 5. The topological polar surface area (TPSA) is 295 Å². The molecule has 4 unspecified atom stereocenters. The van der Waals surface area contributed by atoms with Gasteiger partial charge in [-0.25, -0.2) is 0 Å². The fourth-order valence-corrected chi connectivity index (χ4v) is 5.11. The summed E-state index contributed by atoms with van der Waals surface area (Å²) < 4.78 is 0. The fourth-order valence-electron chi connectivity index (χ4n) is 4.38. The molecule has 0 saturated heterocycles. The molecule has 0 fully saturated rings. The Morgan fingerprint density at radius 1 is 0.382 bits per heavy atom. The molecule has 15 nitrogen and oxygen atoms in total. The van der Waals surface area contributed by atoms with Crippen LogP contribution in [0.4, 0.5) is 0 Å². The van der Waals surface area contributed by atoms with Crippen molar-refractivity contribution in [1.29, 1.82) is 0 Å². The molecule has 0 heterocycles. The summed E-state index contributed by atoms with van der Waals surface area (Å²) in [5.74, 6) is 0.541. The minimum absolute atomic E-state index is 0. The predicted molar refractivity (Wildman–Crippen MR) is 263 cm³/mol. The van der Waals surface area contributed by atoms with Gasteiger partial charge >= 0.3 is 68.3 Å². The van der Waals surface area contributed by atoms with E-state index in [1.165, 1.54) is 49.1 Å². The fraction of sp³-hybridized carbons (Fsp3) is 0.378. The first-order chi connectivity index (χ1) is 29.7. The van der Waals surface area contributed by atoms with Crippen molar-refractivity contribution in [2.75, 3.05) is 33.5 Å². The summed E-state index contributed by atoms with van der Waals surface area (Å²) in [7, 11) is 1.00. The van der Waals surface area contributed by atoms with Crippen molar-refractivity contribution in [2.45, 2.75) is 77.5 Å². The number of hydrogen-bond donors (Lipinski definition) is 9. The molecule has 0 amide bonds. The van der Waals surface area contributed by atoms with Gasteiger partial charge in [-0.1, -0.05) is 74.1 Å². The summed E-state index contributed by atoms with van der Waals surface area (Å²) in [5, 5.41) is 82.8. The molecule has 4 rings (SSSR count). The summed E-state index contributed by atoms with van der Waals surface area (Å²) in [5.41, 5.74) is 2.26. The minimum Gasteiger partial charge on any atom is -0.507 e. The van der Waals surface area contributed by atoms with E-state index in [1.54, 1.807) is 48.5 Å². The van der Waals surface area contributed by atoms with E-state index in [1.807, 2.05) is 27.7 Å². The Hall–Kier alpha value is -2.28. The number of rotatable bonds is 16. The van der Waals surface area contributed by atoms with Gasteiger partial charge in [-0.15, -0.1) is 0 Å². The maximum absolute atomic E-state index is 9.48. The molecular formula is C45H64Cl4Cu4N4O11+8. The van der Waals surface area contributed by atoms with E-state index in [0.29, 0.717) is 42.3 Å². The number of aliphatic hydroxyl groups excluding tert-OH is 5. The number of benzene rings is 4. The molecule has 0 aliphatic carbocycles. The van der Waals surface area contributed by atoms with E-state index in [-0.39, 0.29) is 153 Å². The SMILES string of the molecule is CCC(CO)N=Cc1cc(Cl)ccc1O.CCC(CO)N=Cc1cc(Cl)ccc1O.CCC(CO)N=Cc1cc(Cl)ccc1O.CCC(CO)N=Cc1cc(Cl)ccc1O.CO.O.O.[Cu+2].[Cu+2].[Cu+2].[Cu+2]. The molecule has 394 valence electrons. The molecule has 0 bridgehead atoms. The molecule has 0 saturated carbocycles. The van der Waals surface area contributed by atoms with Crippen molar-refractivity contribution in [3.8, 4) is 23.0 Å². The first kappa shape index (κ1) is 79.8. The van der Waals surface area contributed by atoms with Crippen LogP contribution >= 0.6 is 46.4 Å². The summed E-state index contributed by atoms with van der Waals surface area (Å²) in [6.07, 6.45) is 9.17. The second-order valence-corrected chi connectivity index (χ2v) is 14.6. The summed E-state index contributed by atoms with van der Waals surface area (Å²) in [4.78, 5) is 16.6. The van der Waals surface area contributed by atoms with Gasteiger partial charge in [0.25, 0.3) is 0 Å². The molecule has 4 radical (unpaired) electrons. The van der Waals surface area contributed by atoms with Gasteiger partial charge in [0.2, 0.25) is 0 Å². The van der Waals surface area contributed by atoms with Gasteiger partial charge in [-0.3, -0.25) is 20.0 Å². The molecular weight excluding hydrogens is 1170 g/mol. The van der Waals surface area contributed by atoms with Crippen LogP contribution in [0.5, 0.6) is 23.0 Å². The number of halogens is 4. The molecule has 4 aromatic carbocycles. The van der Waals surface area contributed by atoms with Crippen LogP contribution in [0.3, 0.4) is 0 Å². The Bertz CT molecular complexity index is 1700. The van der Waals surface area contributed by atoms with Crippen molar-refractivity contribution >= 4 is 71.3 Å². The average molecular weight is 1230 g/mol. The van der Waals surface area contributed by atoms with Crippen molar-refractivity contribution in [2.24, 2.45) is 20.0 Å². The number of aliphatic imine (C=N–C) groups is 4. The van der Waals surface area contributed by atoms with Gasteiger partial charge in [0.15, 0.2) is 0 Å². The number of phenols is 4. The molecule has 13 N–H and O–H groups in total. The van der Waals surface area contributed by atoms with Gasteiger partial charge < -0.3 is 56.9 Å². The molecule has 0 spiro atoms. The van der Waals surface area contributed by atoms with Crippen LogP contribution in [0.1, 0.15) is 75.6 Å².